The highest BCUT2D eigenvalue weighted by molar-refractivity contribution is 5.97. The molecule has 0 bridgehead atoms. The molecular formula is C35H48N10O7. The summed E-state index contributed by atoms with van der Waals surface area (Å²) in [6.07, 6.45) is 7.17. The Morgan fingerprint density at radius 1 is 0.846 bits per heavy atom. The highest BCUT2D eigenvalue weighted by atomic mass is 16.4. The number of aliphatic carboxylic acids is 1. The number of carbonyl (C=O) groups is 6. The molecule has 3 heterocycles. The number of aromatic amines is 2. The quantitative estimate of drug-likeness (QED) is 0.0841. The SMILES string of the molecule is CC[C@H](C)[C@H](NC(=O)[C@H](C)N)C(=O)N[C@@H](Cc1cnc[nH]1)C(=O)N1CCC[C@H]1C(=O)N[C@@H](Cc1ccccc1)C(=O)N[C@@H](Cc1cnc[nH]1)C(=O)O. The number of carboxylic acid groups (broad SMARTS) is 1. The number of hydrogen-bond donors (Lipinski definition) is 8. The van der Waals surface area contributed by atoms with Crippen LogP contribution in [0.15, 0.2) is 55.4 Å². The smallest absolute Gasteiger partial charge is 0.326 e. The first-order valence-corrected chi connectivity index (χ1v) is 17.4. The van der Waals surface area contributed by atoms with Crippen molar-refractivity contribution in [1.29, 1.82) is 0 Å². The van der Waals surface area contributed by atoms with Crippen LogP contribution in [0.4, 0.5) is 0 Å². The fourth-order valence-electron chi connectivity index (χ4n) is 5.98. The van der Waals surface area contributed by atoms with E-state index in [9.17, 15) is 33.9 Å². The predicted octanol–water partition coefficient (Wildman–Crippen LogP) is -0.431. The van der Waals surface area contributed by atoms with E-state index in [0.29, 0.717) is 30.7 Å². The second-order valence-corrected chi connectivity index (χ2v) is 13.1. The van der Waals surface area contributed by atoms with Gasteiger partial charge >= 0.3 is 5.97 Å². The minimum absolute atomic E-state index is 0.0236. The van der Waals surface area contributed by atoms with Crippen molar-refractivity contribution >= 4 is 35.5 Å². The number of nitrogens with zero attached hydrogens (tertiary/aromatic N) is 3. The lowest BCUT2D eigenvalue weighted by Crippen LogP contribution is -2.60. The Kier molecular flexibility index (Phi) is 14.0. The van der Waals surface area contributed by atoms with E-state index in [1.165, 1.54) is 36.9 Å². The predicted molar refractivity (Wildman–Crippen MR) is 188 cm³/mol. The highest BCUT2D eigenvalue weighted by Crippen LogP contribution is 2.21. The average molecular weight is 721 g/mol. The van der Waals surface area contributed by atoms with Crippen molar-refractivity contribution in [3.8, 4) is 0 Å². The summed E-state index contributed by atoms with van der Waals surface area (Å²) in [5.41, 5.74) is 7.52. The van der Waals surface area contributed by atoms with Gasteiger partial charge in [-0.3, -0.25) is 24.0 Å². The first kappa shape index (κ1) is 39.2. The van der Waals surface area contributed by atoms with Crippen molar-refractivity contribution < 1.29 is 33.9 Å². The number of benzene rings is 1. The van der Waals surface area contributed by atoms with E-state index >= 15 is 0 Å². The lowest BCUT2D eigenvalue weighted by atomic mass is 9.97. The average Bonchev–Trinajstić information content (AvgIpc) is 3.93. The van der Waals surface area contributed by atoms with Gasteiger partial charge in [0.05, 0.1) is 18.7 Å². The van der Waals surface area contributed by atoms with Crippen LogP contribution in [0, 0.1) is 5.92 Å². The number of likely N-dealkylation sites (tertiary alicyclic amines) is 1. The second-order valence-electron chi connectivity index (χ2n) is 13.1. The Morgan fingerprint density at radius 3 is 2.02 bits per heavy atom. The Morgan fingerprint density at radius 2 is 1.46 bits per heavy atom. The molecular weight excluding hydrogens is 672 g/mol. The molecule has 1 aliphatic heterocycles. The molecule has 2 aromatic heterocycles. The van der Waals surface area contributed by atoms with Crippen molar-refractivity contribution in [2.75, 3.05) is 6.54 Å². The van der Waals surface area contributed by atoms with Crippen molar-refractivity contribution in [2.45, 2.75) is 95.5 Å². The van der Waals surface area contributed by atoms with Crippen LogP contribution in [0.1, 0.15) is 57.0 Å². The maximum absolute atomic E-state index is 14.2. The van der Waals surface area contributed by atoms with E-state index in [-0.39, 0.29) is 31.7 Å². The zero-order valence-electron chi connectivity index (χ0n) is 29.5. The monoisotopic (exact) mass is 720 g/mol. The molecule has 0 radical (unpaired) electrons. The second kappa shape index (κ2) is 18.6. The maximum Gasteiger partial charge on any atom is 0.326 e. The molecule has 0 saturated carbocycles. The summed E-state index contributed by atoms with van der Waals surface area (Å²) in [5.74, 6) is -4.49. The topological polar surface area (TPSA) is 257 Å². The standard InChI is InChI=1S/C35H48N10O7/c1-4-20(2)29(44-30(46)21(3)36)33(49)42-26(14-23-16-37-18-39-23)34(50)45-12-8-11-28(45)32(48)41-25(13-22-9-6-5-7-10-22)31(47)43-27(35(51)52)15-24-17-38-19-40-24/h5-7,9-10,16-21,25-29H,4,8,11-15,36H2,1-3H3,(H,37,39)(H,38,40)(H,41,48)(H,42,49)(H,43,47)(H,44,46)(H,51,52)/t20-,21-,25-,26-,27-,28-,29-/m0/s1. The van der Waals surface area contributed by atoms with E-state index in [1.54, 1.807) is 37.3 Å². The molecule has 0 spiro atoms. The van der Waals surface area contributed by atoms with Gasteiger partial charge < -0.3 is 47.0 Å². The van der Waals surface area contributed by atoms with E-state index < -0.39 is 71.8 Å². The number of aromatic nitrogens is 4. The summed E-state index contributed by atoms with van der Waals surface area (Å²) in [6.45, 7) is 5.39. The van der Waals surface area contributed by atoms with Gasteiger partial charge in [-0.05, 0) is 31.2 Å². The Bertz CT molecular complexity index is 1650. The largest absolute Gasteiger partial charge is 0.480 e. The third-order valence-electron chi connectivity index (χ3n) is 9.15. The lowest BCUT2D eigenvalue weighted by Gasteiger charge is -2.31. The molecule has 0 aliphatic carbocycles. The van der Waals surface area contributed by atoms with Crippen LogP contribution < -0.4 is 27.0 Å². The van der Waals surface area contributed by atoms with Crippen LogP contribution in [-0.2, 0) is 48.0 Å². The Hall–Kier alpha value is -5.58. The van der Waals surface area contributed by atoms with Crippen LogP contribution in [0.25, 0.3) is 0 Å². The zero-order valence-corrected chi connectivity index (χ0v) is 29.5. The lowest BCUT2D eigenvalue weighted by molar-refractivity contribution is -0.143. The molecule has 52 heavy (non-hydrogen) atoms. The van der Waals surface area contributed by atoms with Crippen molar-refractivity contribution in [3.63, 3.8) is 0 Å². The summed E-state index contributed by atoms with van der Waals surface area (Å²) < 4.78 is 0. The van der Waals surface area contributed by atoms with Crippen molar-refractivity contribution in [3.05, 3.63) is 72.3 Å². The van der Waals surface area contributed by atoms with Gasteiger partial charge in [0, 0.05) is 49.6 Å². The van der Waals surface area contributed by atoms with E-state index in [0.717, 1.165) is 5.56 Å². The van der Waals surface area contributed by atoms with Crippen LogP contribution >= 0.6 is 0 Å². The minimum Gasteiger partial charge on any atom is -0.480 e. The number of nitrogens with two attached hydrogens (primary N) is 1. The van der Waals surface area contributed by atoms with Gasteiger partial charge in [-0.15, -0.1) is 0 Å². The fraction of sp³-hybridized carbons (Fsp3) is 0.486. The number of imidazole rings is 2. The summed E-state index contributed by atoms with van der Waals surface area (Å²) in [6, 6.07) is 2.49. The first-order chi connectivity index (χ1) is 24.9. The molecule has 1 aliphatic rings. The van der Waals surface area contributed by atoms with E-state index in [4.69, 9.17) is 5.73 Å². The van der Waals surface area contributed by atoms with Crippen LogP contribution in [0.2, 0.25) is 0 Å². The molecule has 1 aromatic carbocycles. The molecule has 17 heteroatoms. The molecule has 7 atom stereocenters. The molecule has 9 N–H and O–H groups in total. The van der Waals surface area contributed by atoms with Gasteiger partial charge in [-0.25, -0.2) is 14.8 Å². The number of nitrogens with one attached hydrogen (secondary N) is 6. The summed E-state index contributed by atoms with van der Waals surface area (Å²) in [7, 11) is 0. The first-order valence-electron chi connectivity index (χ1n) is 17.4. The summed E-state index contributed by atoms with van der Waals surface area (Å²) in [5, 5.41) is 20.7. The summed E-state index contributed by atoms with van der Waals surface area (Å²) in [4.78, 5) is 95.1. The van der Waals surface area contributed by atoms with E-state index in [2.05, 4.69) is 41.2 Å². The zero-order chi connectivity index (χ0) is 37.8. The molecule has 3 aromatic rings. The Balaban J connectivity index is 1.54. The van der Waals surface area contributed by atoms with Gasteiger partial charge in [0.2, 0.25) is 29.5 Å². The minimum atomic E-state index is -1.31. The fourth-order valence-corrected chi connectivity index (χ4v) is 5.98. The van der Waals surface area contributed by atoms with Gasteiger partial charge in [-0.2, -0.15) is 0 Å². The molecule has 1 saturated heterocycles. The number of H-pyrrole nitrogens is 2. The van der Waals surface area contributed by atoms with Crippen LogP contribution in [-0.4, -0.2) is 108 Å². The third kappa shape index (κ3) is 10.7. The van der Waals surface area contributed by atoms with Gasteiger partial charge in [0.25, 0.3) is 0 Å². The highest BCUT2D eigenvalue weighted by Gasteiger charge is 2.40. The van der Waals surface area contributed by atoms with Gasteiger partial charge in [0.15, 0.2) is 0 Å². The van der Waals surface area contributed by atoms with E-state index in [1.807, 2.05) is 6.92 Å². The van der Waals surface area contributed by atoms with Gasteiger partial charge in [-0.1, -0.05) is 50.6 Å². The number of rotatable bonds is 18. The molecule has 4 rings (SSSR count). The third-order valence-corrected chi connectivity index (χ3v) is 9.15. The number of carboxylic acids is 1. The van der Waals surface area contributed by atoms with Crippen molar-refractivity contribution in [2.24, 2.45) is 11.7 Å². The van der Waals surface area contributed by atoms with Crippen LogP contribution in [0.5, 0.6) is 0 Å². The Labute approximate surface area is 301 Å². The van der Waals surface area contributed by atoms with Gasteiger partial charge in [0.1, 0.15) is 30.2 Å². The number of amides is 5. The molecule has 1 fully saturated rings. The molecule has 0 unspecified atom stereocenters. The number of carbonyl (C=O) groups excluding carboxylic acids is 5. The van der Waals surface area contributed by atoms with Crippen LogP contribution in [0.3, 0.4) is 0 Å². The normalized spacial score (nSPS) is 17.5. The molecule has 5 amide bonds. The summed E-state index contributed by atoms with van der Waals surface area (Å²) >= 11 is 0. The number of hydrogen-bond acceptors (Lipinski definition) is 9. The molecule has 17 nitrogen and oxygen atoms in total. The maximum atomic E-state index is 14.2. The molecule has 280 valence electrons. The van der Waals surface area contributed by atoms with Crippen molar-refractivity contribution in [1.82, 2.24) is 46.1 Å².